The van der Waals surface area contributed by atoms with Crippen LogP contribution in [0.15, 0.2) is 48.8 Å². The largest absolute Gasteiger partial charge is 0.465 e. The van der Waals surface area contributed by atoms with E-state index in [2.05, 4.69) is 20.4 Å². The first-order chi connectivity index (χ1) is 11.1. The van der Waals surface area contributed by atoms with Gasteiger partial charge in [-0.05, 0) is 36.4 Å². The third-order valence-corrected chi connectivity index (χ3v) is 2.94. The number of hydrogen-bond acceptors (Lipinski definition) is 5. The van der Waals surface area contributed by atoms with Crippen LogP contribution >= 0.6 is 0 Å². The maximum absolute atomic E-state index is 11.9. The van der Waals surface area contributed by atoms with Crippen LogP contribution < -0.4 is 10.6 Å². The lowest BCUT2D eigenvalue weighted by molar-refractivity contribution is -0.115. The molecule has 0 unspecified atom stereocenters. The minimum Gasteiger partial charge on any atom is -0.465 e. The Morgan fingerprint density at radius 1 is 1.00 bits per heavy atom. The molecule has 118 valence electrons. The number of benzene rings is 1. The molecule has 7 nitrogen and oxygen atoms in total. The Morgan fingerprint density at radius 2 is 1.61 bits per heavy atom. The molecule has 0 spiro atoms. The van der Waals surface area contributed by atoms with E-state index in [1.165, 1.54) is 31.4 Å². The molecule has 0 aliphatic rings. The number of esters is 1. The second kappa shape index (κ2) is 7.69. The van der Waals surface area contributed by atoms with Gasteiger partial charge in [0.1, 0.15) is 0 Å². The number of anilines is 1. The van der Waals surface area contributed by atoms with Gasteiger partial charge in [0.05, 0.1) is 19.2 Å². The minimum absolute atomic E-state index is 0.167. The first kappa shape index (κ1) is 16.2. The summed E-state index contributed by atoms with van der Waals surface area (Å²) in [6.07, 6.45) is 3.11. The van der Waals surface area contributed by atoms with Crippen molar-refractivity contribution in [2.75, 3.05) is 19.0 Å². The summed E-state index contributed by atoms with van der Waals surface area (Å²) in [6, 6.07) is 9.23. The third-order valence-electron chi connectivity index (χ3n) is 2.94. The van der Waals surface area contributed by atoms with Gasteiger partial charge in [-0.3, -0.25) is 14.6 Å². The number of ether oxygens (including phenoxy) is 1. The number of amides is 2. The number of rotatable bonds is 5. The molecule has 0 fully saturated rings. The molecule has 7 heteroatoms. The van der Waals surface area contributed by atoms with Gasteiger partial charge in [-0.15, -0.1) is 0 Å². The van der Waals surface area contributed by atoms with Crippen LogP contribution in [0.5, 0.6) is 0 Å². The maximum Gasteiger partial charge on any atom is 0.337 e. The topological polar surface area (TPSA) is 97.4 Å². The first-order valence-corrected chi connectivity index (χ1v) is 6.76. The van der Waals surface area contributed by atoms with Gasteiger partial charge in [-0.2, -0.15) is 0 Å². The molecule has 2 amide bonds. The molecule has 1 heterocycles. The normalized spacial score (nSPS) is 9.78. The summed E-state index contributed by atoms with van der Waals surface area (Å²) in [5.41, 5.74) is 1.29. The summed E-state index contributed by atoms with van der Waals surface area (Å²) in [7, 11) is 1.28. The van der Waals surface area contributed by atoms with E-state index >= 15 is 0 Å². The van der Waals surface area contributed by atoms with E-state index in [-0.39, 0.29) is 12.5 Å². The lowest BCUT2D eigenvalue weighted by Gasteiger charge is -2.07. The number of carbonyl (C=O) groups excluding carboxylic acids is 3. The summed E-state index contributed by atoms with van der Waals surface area (Å²) >= 11 is 0. The van der Waals surface area contributed by atoms with Crippen molar-refractivity contribution in [3.05, 3.63) is 59.9 Å². The SMILES string of the molecule is COC(=O)c1ccc(C(=O)NCC(=O)Nc2ccncc2)cc1. The highest BCUT2D eigenvalue weighted by Gasteiger charge is 2.10. The highest BCUT2D eigenvalue weighted by Crippen LogP contribution is 2.06. The molecule has 2 aromatic rings. The van der Waals surface area contributed by atoms with E-state index in [0.29, 0.717) is 16.8 Å². The zero-order valence-corrected chi connectivity index (χ0v) is 12.4. The van der Waals surface area contributed by atoms with Gasteiger partial charge < -0.3 is 15.4 Å². The zero-order chi connectivity index (χ0) is 16.7. The summed E-state index contributed by atoms with van der Waals surface area (Å²) in [5, 5.41) is 5.12. The molecule has 0 saturated carbocycles. The van der Waals surface area contributed by atoms with Crippen LogP contribution in [-0.2, 0) is 9.53 Å². The lowest BCUT2D eigenvalue weighted by Crippen LogP contribution is -2.32. The molecule has 23 heavy (non-hydrogen) atoms. The van der Waals surface area contributed by atoms with Gasteiger partial charge in [0.2, 0.25) is 5.91 Å². The highest BCUT2D eigenvalue weighted by atomic mass is 16.5. The Kier molecular flexibility index (Phi) is 5.40. The van der Waals surface area contributed by atoms with Crippen LogP contribution in [-0.4, -0.2) is 36.4 Å². The van der Waals surface area contributed by atoms with Crippen molar-refractivity contribution in [1.29, 1.82) is 0 Å². The fraction of sp³-hybridized carbons (Fsp3) is 0.125. The monoisotopic (exact) mass is 313 g/mol. The van der Waals surface area contributed by atoms with Crippen molar-refractivity contribution >= 4 is 23.5 Å². The Morgan fingerprint density at radius 3 is 2.22 bits per heavy atom. The number of nitrogens with zero attached hydrogens (tertiary/aromatic N) is 1. The van der Waals surface area contributed by atoms with Crippen molar-refractivity contribution in [1.82, 2.24) is 10.3 Å². The Balaban J connectivity index is 1.87. The number of carbonyl (C=O) groups is 3. The van der Waals surface area contributed by atoms with Crippen LogP contribution in [0.1, 0.15) is 20.7 Å². The standard InChI is InChI=1S/C16H15N3O4/c1-23-16(22)12-4-2-11(3-5-12)15(21)18-10-14(20)19-13-6-8-17-9-7-13/h2-9H,10H2,1H3,(H,18,21)(H,17,19,20). The fourth-order valence-corrected chi connectivity index (χ4v) is 1.78. The molecule has 0 atom stereocenters. The number of aromatic nitrogens is 1. The molecular formula is C16H15N3O4. The molecule has 2 rings (SSSR count). The van der Waals surface area contributed by atoms with Gasteiger partial charge in [-0.25, -0.2) is 4.79 Å². The first-order valence-electron chi connectivity index (χ1n) is 6.76. The van der Waals surface area contributed by atoms with Gasteiger partial charge in [0.15, 0.2) is 0 Å². The average Bonchev–Trinajstić information content (AvgIpc) is 2.60. The van der Waals surface area contributed by atoms with Crippen molar-refractivity contribution in [2.24, 2.45) is 0 Å². The molecule has 0 radical (unpaired) electrons. The average molecular weight is 313 g/mol. The minimum atomic E-state index is -0.478. The molecule has 2 N–H and O–H groups in total. The summed E-state index contributed by atoms with van der Waals surface area (Å²) in [6.45, 7) is -0.167. The van der Waals surface area contributed by atoms with Crippen LogP contribution in [0.4, 0.5) is 5.69 Å². The van der Waals surface area contributed by atoms with Gasteiger partial charge >= 0.3 is 5.97 Å². The smallest absolute Gasteiger partial charge is 0.337 e. The third kappa shape index (κ3) is 4.63. The van der Waals surface area contributed by atoms with Crippen molar-refractivity contribution in [3.8, 4) is 0 Å². The van der Waals surface area contributed by atoms with Crippen LogP contribution in [0.3, 0.4) is 0 Å². The Bertz CT molecular complexity index is 699. The Hall–Kier alpha value is -3.22. The molecule has 0 aliphatic carbocycles. The lowest BCUT2D eigenvalue weighted by atomic mass is 10.1. The van der Waals surface area contributed by atoms with E-state index in [1.54, 1.807) is 24.5 Å². The van der Waals surface area contributed by atoms with E-state index in [9.17, 15) is 14.4 Å². The van der Waals surface area contributed by atoms with E-state index in [1.807, 2.05) is 0 Å². The summed E-state index contributed by atoms with van der Waals surface area (Å²) in [5.74, 6) is -1.24. The molecular weight excluding hydrogens is 298 g/mol. The number of pyridine rings is 1. The fourth-order valence-electron chi connectivity index (χ4n) is 1.78. The van der Waals surface area contributed by atoms with Crippen LogP contribution in [0.2, 0.25) is 0 Å². The number of nitrogens with one attached hydrogen (secondary N) is 2. The maximum atomic E-state index is 11.9. The van der Waals surface area contributed by atoms with Crippen LogP contribution in [0.25, 0.3) is 0 Å². The molecule has 0 bridgehead atoms. The summed E-state index contributed by atoms with van der Waals surface area (Å²) in [4.78, 5) is 38.8. The second-order valence-corrected chi connectivity index (χ2v) is 4.54. The predicted molar refractivity (Wildman–Crippen MR) is 83.0 cm³/mol. The summed E-state index contributed by atoms with van der Waals surface area (Å²) < 4.78 is 4.58. The zero-order valence-electron chi connectivity index (χ0n) is 12.4. The molecule has 1 aromatic carbocycles. The van der Waals surface area contributed by atoms with Gasteiger partial charge in [0, 0.05) is 23.6 Å². The van der Waals surface area contributed by atoms with Crippen LogP contribution in [0, 0.1) is 0 Å². The number of hydrogen-bond donors (Lipinski definition) is 2. The molecule has 0 saturated heterocycles. The molecule has 1 aromatic heterocycles. The Labute approximate surface area is 132 Å². The quantitative estimate of drug-likeness (QED) is 0.809. The van der Waals surface area contributed by atoms with E-state index < -0.39 is 11.9 Å². The highest BCUT2D eigenvalue weighted by molar-refractivity contribution is 6.00. The van der Waals surface area contributed by atoms with Gasteiger partial charge in [-0.1, -0.05) is 0 Å². The van der Waals surface area contributed by atoms with E-state index in [0.717, 1.165) is 0 Å². The van der Waals surface area contributed by atoms with Crippen molar-refractivity contribution in [3.63, 3.8) is 0 Å². The van der Waals surface area contributed by atoms with E-state index in [4.69, 9.17) is 0 Å². The van der Waals surface area contributed by atoms with Crippen molar-refractivity contribution < 1.29 is 19.1 Å². The second-order valence-electron chi connectivity index (χ2n) is 4.54. The van der Waals surface area contributed by atoms with Gasteiger partial charge in [0.25, 0.3) is 5.91 Å². The van der Waals surface area contributed by atoms with Crippen molar-refractivity contribution in [2.45, 2.75) is 0 Å². The predicted octanol–water partition coefficient (Wildman–Crippen LogP) is 1.24. The molecule has 0 aliphatic heterocycles. The number of methoxy groups -OCH3 is 1.